The minimum Gasteiger partial charge on any atom is -0.497 e. The maximum Gasteiger partial charge on any atom is 0.416 e. The first-order valence-corrected chi connectivity index (χ1v) is 11.2. The fraction of sp³-hybridized carbons (Fsp3) is 0.440. The molecule has 0 spiro atoms. The molecule has 33 heavy (non-hydrogen) atoms. The van der Waals surface area contributed by atoms with Crippen molar-refractivity contribution in [2.45, 2.75) is 50.9 Å². The Kier molecular flexibility index (Phi) is 6.91. The van der Waals surface area contributed by atoms with Gasteiger partial charge in [-0.05, 0) is 60.4 Å². The van der Waals surface area contributed by atoms with Crippen molar-refractivity contribution in [1.82, 2.24) is 4.90 Å². The van der Waals surface area contributed by atoms with Crippen molar-refractivity contribution >= 4 is 11.6 Å². The van der Waals surface area contributed by atoms with Gasteiger partial charge >= 0.3 is 6.18 Å². The summed E-state index contributed by atoms with van der Waals surface area (Å²) in [5.41, 5.74) is 1.68. The minimum absolute atomic E-state index is 0.0360. The van der Waals surface area contributed by atoms with E-state index in [-0.39, 0.29) is 24.5 Å². The van der Waals surface area contributed by atoms with Crippen LogP contribution in [0, 0.1) is 5.92 Å². The van der Waals surface area contributed by atoms with Gasteiger partial charge in [-0.15, -0.1) is 0 Å². The number of nitrogens with zero attached hydrogens (tertiary/aromatic N) is 2. The molecule has 1 saturated carbocycles. The first-order chi connectivity index (χ1) is 15.8. The highest BCUT2D eigenvalue weighted by molar-refractivity contribution is 6.01. The van der Waals surface area contributed by atoms with Crippen molar-refractivity contribution < 1.29 is 27.5 Å². The third-order valence-corrected chi connectivity index (χ3v) is 6.25. The van der Waals surface area contributed by atoms with Crippen molar-refractivity contribution in [3.05, 3.63) is 65.2 Å². The monoisotopic (exact) mass is 460 g/mol. The first-order valence-electron chi connectivity index (χ1n) is 11.2. The fourth-order valence-corrected chi connectivity index (χ4v) is 4.41. The molecule has 176 valence electrons. The molecule has 0 radical (unpaired) electrons. The number of carbonyl (C=O) groups excluding carboxylic acids is 1. The second-order valence-electron chi connectivity index (χ2n) is 8.59. The number of methoxy groups -OCH3 is 1. The molecule has 4 rings (SSSR count). The average molecular weight is 460 g/mol. The predicted octanol–water partition coefficient (Wildman–Crippen LogP) is 5.43. The lowest BCUT2D eigenvalue weighted by Crippen LogP contribution is -2.40. The Balaban J connectivity index is 1.44. The third kappa shape index (κ3) is 5.67. The Morgan fingerprint density at radius 2 is 1.76 bits per heavy atom. The minimum atomic E-state index is -4.38. The van der Waals surface area contributed by atoms with Gasteiger partial charge in [0.15, 0.2) is 6.10 Å². The van der Waals surface area contributed by atoms with Gasteiger partial charge < -0.3 is 14.5 Å². The molecule has 5 nitrogen and oxygen atoms in total. The van der Waals surface area contributed by atoms with Gasteiger partial charge in [0.05, 0.1) is 24.9 Å². The van der Waals surface area contributed by atoms with Crippen molar-refractivity contribution in [2.75, 3.05) is 13.7 Å². The largest absolute Gasteiger partial charge is 0.497 e. The van der Waals surface area contributed by atoms with E-state index < -0.39 is 11.7 Å². The summed E-state index contributed by atoms with van der Waals surface area (Å²) in [4.78, 5) is 20.6. The van der Waals surface area contributed by atoms with Gasteiger partial charge in [0.25, 0.3) is 0 Å². The van der Waals surface area contributed by atoms with Gasteiger partial charge in [0.2, 0.25) is 5.91 Å². The molecule has 2 aromatic rings. The van der Waals surface area contributed by atoms with Crippen LogP contribution < -0.4 is 4.74 Å². The van der Waals surface area contributed by atoms with Crippen LogP contribution in [0.3, 0.4) is 0 Å². The topological polar surface area (TPSA) is 51.1 Å². The van der Waals surface area contributed by atoms with Crippen LogP contribution in [0.4, 0.5) is 13.2 Å². The van der Waals surface area contributed by atoms with Crippen molar-refractivity contribution in [3.8, 4) is 5.75 Å². The van der Waals surface area contributed by atoms with Crippen LogP contribution in [-0.2, 0) is 22.4 Å². The highest BCUT2D eigenvalue weighted by Crippen LogP contribution is 2.31. The van der Waals surface area contributed by atoms with Crippen molar-refractivity contribution in [2.24, 2.45) is 11.1 Å². The number of alkyl halides is 3. The SMILES string of the molecule is COc1ccc(C2=NO[C@H](CN(Cc3ccc(C(F)(F)F)cc3)C(=O)C3CCCC3)C2)cc1. The van der Waals surface area contributed by atoms with E-state index in [2.05, 4.69) is 5.16 Å². The summed E-state index contributed by atoms with van der Waals surface area (Å²) in [7, 11) is 1.61. The summed E-state index contributed by atoms with van der Waals surface area (Å²) in [6.45, 7) is 0.574. The molecule has 1 heterocycles. The lowest BCUT2D eigenvalue weighted by Gasteiger charge is -2.27. The van der Waals surface area contributed by atoms with Crippen LogP contribution in [0.1, 0.15) is 48.8 Å². The molecular weight excluding hydrogens is 433 g/mol. The maximum atomic E-state index is 13.2. The van der Waals surface area contributed by atoms with E-state index >= 15 is 0 Å². The van der Waals surface area contributed by atoms with E-state index in [9.17, 15) is 18.0 Å². The molecule has 8 heteroatoms. The standard InChI is InChI=1S/C25H27F3N2O3/c1-32-21-12-8-18(9-13-21)23-14-22(33-29-23)16-30(24(31)19-4-2-3-5-19)15-17-6-10-20(11-7-17)25(26,27)28/h6-13,19,22H,2-5,14-16H2,1H3/t22-/m0/s1. The average Bonchev–Trinajstić information content (AvgIpc) is 3.51. The second kappa shape index (κ2) is 9.85. The summed E-state index contributed by atoms with van der Waals surface area (Å²) in [6.07, 6.45) is -0.395. The van der Waals surface area contributed by atoms with E-state index in [1.165, 1.54) is 12.1 Å². The van der Waals surface area contributed by atoms with Crippen molar-refractivity contribution in [3.63, 3.8) is 0 Å². The van der Waals surface area contributed by atoms with Gasteiger partial charge in [-0.3, -0.25) is 4.79 Å². The number of carbonyl (C=O) groups is 1. The number of ether oxygens (including phenoxy) is 1. The second-order valence-corrected chi connectivity index (χ2v) is 8.59. The van der Waals surface area contributed by atoms with Crippen LogP contribution >= 0.6 is 0 Å². The highest BCUT2D eigenvalue weighted by atomic mass is 19.4. The molecule has 0 unspecified atom stereocenters. The maximum absolute atomic E-state index is 13.2. The van der Waals surface area contributed by atoms with Gasteiger partial charge in [-0.25, -0.2) is 0 Å². The number of benzene rings is 2. The third-order valence-electron chi connectivity index (χ3n) is 6.25. The number of hydrogen-bond acceptors (Lipinski definition) is 4. The Hall–Kier alpha value is -3.03. The van der Waals surface area contributed by atoms with Crippen LogP contribution in [0.15, 0.2) is 53.7 Å². The molecular formula is C25H27F3N2O3. The fourth-order valence-electron chi connectivity index (χ4n) is 4.41. The molecule has 1 atom stereocenters. The summed E-state index contributed by atoms with van der Waals surface area (Å²) in [5.74, 6) is 0.747. The Morgan fingerprint density at radius 3 is 2.36 bits per heavy atom. The number of hydrogen-bond donors (Lipinski definition) is 0. The van der Waals surface area contributed by atoms with Gasteiger partial charge in [0, 0.05) is 18.9 Å². The van der Waals surface area contributed by atoms with Gasteiger partial charge in [0.1, 0.15) is 5.75 Å². The normalized spacial score (nSPS) is 18.7. The molecule has 2 aromatic carbocycles. The smallest absolute Gasteiger partial charge is 0.416 e. The molecule has 0 saturated heterocycles. The van der Waals surface area contributed by atoms with Gasteiger partial charge in [-0.2, -0.15) is 13.2 Å². The summed E-state index contributed by atoms with van der Waals surface area (Å²) in [5, 5.41) is 4.21. The van der Waals surface area contributed by atoms with E-state index in [0.717, 1.165) is 54.8 Å². The van der Waals surface area contributed by atoms with Gasteiger partial charge in [-0.1, -0.05) is 30.1 Å². The van der Waals surface area contributed by atoms with Crippen molar-refractivity contribution in [1.29, 1.82) is 0 Å². The quantitative estimate of drug-likeness (QED) is 0.554. The Morgan fingerprint density at radius 1 is 1.09 bits per heavy atom. The lowest BCUT2D eigenvalue weighted by atomic mass is 10.0. The van der Waals surface area contributed by atoms with E-state index in [1.54, 1.807) is 12.0 Å². The van der Waals surface area contributed by atoms with Crippen LogP contribution in [-0.4, -0.2) is 36.3 Å². The highest BCUT2D eigenvalue weighted by Gasteiger charge is 2.33. The number of halogens is 3. The van der Waals surface area contributed by atoms with E-state index in [4.69, 9.17) is 9.57 Å². The summed E-state index contributed by atoms with van der Waals surface area (Å²) in [6, 6.07) is 12.5. The zero-order chi connectivity index (χ0) is 23.4. The molecule has 1 fully saturated rings. The zero-order valence-electron chi connectivity index (χ0n) is 18.5. The number of oxime groups is 1. The molecule has 2 aliphatic rings. The molecule has 0 bridgehead atoms. The molecule has 0 aromatic heterocycles. The molecule has 1 aliphatic carbocycles. The molecule has 1 aliphatic heterocycles. The van der Waals surface area contributed by atoms with Crippen LogP contribution in [0.5, 0.6) is 5.75 Å². The first kappa shape index (κ1) is 23.1. The number of rotatable bonds is 7. The molecule has 1 amide bonds. The predicted molar refractivity (Wildman–Crippen MR) is 118 cm³/mol. The molecule has 0 N–H and O–H groups in total. The Bertz CT molecular complexity index is 981. The number of amides is 1. The van der Waals surface area contributed by atoms with Crippen LogP contribution in [0.25, 0.3) is 0 Å². The van der Waals surface area contributed by atoms with E-state index in [0.29, 0.717) is 18.5 Å². The Labute approximate surface area is 191 Å². The summed E-state index contributed by atoms with van der Waals surface area (Å²) < 4.78 is 43.9. The van der Waals surface area contributed by atoms with E-state index in [1.807, 2.05) is 24.3 Å². The zero-order valence-corrected chi connectivity index (χ0v) is 18.5. The lowest BCUT2D eigenvalue weighted by molar-refractivity contribution is -0.138. The van der Waals surface area contributed by atoms with Crippen LogP contribution in [0.2, 0.25) is 0 Å². The summed E-state index contributed by atoms with van der Waals surface area (Å²) >= 11 is 0.